The van der Waals surface area contributed by atoms with Crippen LogP contribution < -0.4 is 4.90 Å². The molecule has 3 rings (SSSR count). The zero-order valence-corrected chi connectivity index (χ0v) is 17.5. The van der Waals surface area contributed by atoms with Crippen LogP contribution in [0.2, 0.25) is 0 Å². The molecule has 1 aromatic heterocycles. The number of furan rings is 1. The number of hydrogen-bond donors (Lipinski definition) is 0. The molecule has 0 bridgehead atoms. The second-order valence-electron chi connectivity index (χ2n) is 6.75. The number of carbonyl (C=O) groups is 3. The molecule has 0 N–H and O–H groups in total. The molecule has 2 amide bonds. The number of esters is 1. The Labute approximate surface area is 171 Å². The van der Waals surface area contributed by atoms with E-state index in [1.807, 2.05) is 24.3 Å². The van der Waals surface area contributed by atoms with Crippen molar-refractivity contribution in [1.82, 2.24) is 4.90 Å². The predicted molar refractivity (Wildman–Crippen MR) is 106 cm³/mol. The van der Waals surface area contributed by atoms with Gasteiger partial charge in [0.05, 0.1) is 19.6 Å². The number of carbonyl (C=O) groups excluding carboxylic acids is 3. The fraction of sp³-hybridized carbons (Fsp3) is 0.350. The molecule has 0 aliphatic carbocycles. The average Bonchev–Trinajstić information content (AvgIpc) is 3.23. The SMILES string of the molecule is COC(=O)c1cc(CN(C)C(=O)C2CC(=O)N(c3cccc(Br)c3)C2)oc1C. The molecule has 1 atom stereocenters. The van der Waals surface area contributed by atoms with E-state index in [2.05, 4.69) is 15.9 Å². The Hall–Kier alpha value is -2.61. The first-order valence-electron chi connectivity index (χ1n) is 8.78. The Kier molecular flexibility index (Phi) is 5.88. The van der Waals surface area contributed by atoms with Gasteiger partial charge in [-0.05, 0) is 31.2 Å². The number of nitrogens with zero attached hydrogens (tertiary/aromatic N) is 2. The van der Waals surface area contributed by atoms with Crippen LogP contribution >= 0.6 is 15.9 Å². The summed E-state index contributed by atoms with van der Waals surface area (Å²) in [7, 11) is 2.96. The summed E-state index contributed by atoms with van der Waals surface area (Å²) < 4.78 is 11.2. The molecule has 28 heavy (non-hydrogen) atoms. The minimum absolute atomic E-state index is 0.0772. The molecular formula is C20H21BrN2O5. The zero-order chi connectivity index (χ0) is 20.4. The van der Waals surface area contributed by atoms with Gasteiger partial charge < -0.3 is 19.0 Å². The smallest absolute Gasteiger partial charge is 0.341 e. The maximum atomic E-state index is 12.8. The van der Waals surface area contributed by atoms with E-state index in [-0.39, 0.29) is 24.8 Å². The van der Waals surface area contributed by atoms with E-state index in [4.69, 9.17) is 9.15 Å². The summed E-state index contributed by atoms with van der Waals surface area (Å²) in [6, 6.07) is 9.02. The quantitative estimate of drug-likeness (QED) is 0.656. The molecule has 0 saturated carbocycles. The predicted octanol–water partition coefficient (Wildman–Crippen LogP) is 3.15. The second-order valence-corrected chi connectivity index (χ2v) is 7.67. The molecule has 1 fully saturated rings. The Bertz CT molecular complexity index is 923. The van der Waals surface area contributed by atoms with Gasteiger partial charge in [0.25, 0.3) is 0 Å². The second kappa shape index (κ2) is 8.18. The van der Waals surface area contributed by atoms with E-state index >= 15 is 0 Å². The van der Waals surface area contributed by atoms with Gasteiger partial charge in [-0.1, -0.05) is 22.0 Å². The van der Waals surface area contributed by atoms with Crippen LogP contribution in [0.1, 0.15) is 28.3 Å². The van der Waals surface area contributed by atoms with E-state index in [0.717, 1.165) is 10.2 Å². The summed E-state index contributed by atoms with van der Waals surface area (Å²) >= 11 is 3.40. The minimum Gasteiger partial charge on any atom is -0.465 e. The van der Waals surface area contributed by atoms with Crippen molar-refractivity contribution in [2.75, 3.05) is 25.6 Å². The van der Waals surface area contributed by atoms with Crippen LogP contribution in [0.5, 0.6) is 0 Å². The molecule has 2 aromatic rings. The van der Waals surface area contributed by atoms with Crippen molar-refractivity contribution in [1.29, 1.82) is 0 Å². The fourth-order valence-electron chi connectivity index (χ4n) is 3.32. The van der Waals surface area contributed by atoms with Crippen molar-refractivity contribution < 1.29 is 23.5 Å². The summed E-state index contributed by atoms with van der Waals surface area (Å²) in [4.78, 5) is 40.1. The molecule has 1 unspecified atom stereocenters. The molecule has 7 nitrogen and oxygen atoms in total. The van der Waals surface area contributed by atoms with Gasteiger partial charge in [-0.15, -0.1) is 0 Å². The summed E-state index contributed by atoms with van der Waals surface area (Å²) in [6.45, 7) is 2.21. The third-order valence-electron chi connectivity index (χ3n) is 4.74. The summed E-state index contributed by atoms with van der Waals surface area (Å²) in [5.41, 5.74) is 1.11. The van der Waals surface area contributed by atoms with Gasteiger partial charge in [0.2, 0.25) is 11.8 Å². The number of rotatable bonds is 5. The van der Waals surface area contributed by atoms with Crippen LogP contribution in [0.3, 0.4) is 0 Å². The van der Waals surface area contributed by atoms with Gasteiger partial charge in [0, 0.05) is 30.2 Å². The highest BCUT2D eigenvalue weighted by Gasteiger charge is 2.36. The van der Waals surface area contributed by atoms with E-state index in [9.17, 15) is 14.4 Å². The standard InChI is InChI=1S/C20H21BrN2O5/c1-12-17(20(26)27-3)9-16(28-12)11-22(2)19(25)13-7-18(24)23(10-13)15-6-4-5-14(21)8-15/h4-6,8-9,13H,7,10-11H2,1-3H3. The van der Waals surface area contributed by atoms with Crippen LogP contribution in [-0.4, -0.2) is 43.4 Å². The highest BCUT2D eigenvalue weighted by molar-refractivity contribution is 9.10. The van der Waals surface area contributed by atoms with Crippen molar-refractivity contribution in [2.24, 2.45) is 5.92 Å². The number of methoxy groups -OCH3 is 1. The maximum absolute atomic E-state index is 12.8. The fourth-order valence-corrected chi connectivity index (χ4v) is 3.71. The van der Waals surface area contributed by atoms with Crippen molar-refractivity contribution in [3.05, 3.63) is 51.9 Å². The highest BCUT2D eigenvalue weighted by Crippen LogP contribution is 2.28. The number of benzene rings is 1. The van der Waals surface area contributed by atoms with Crippen LogP contribution in [0, 0.1) is 12.8 Å². The van der Waals surface area contributed by atoms with E-state index < -0.39 is 11.9 Å². The molecular weight excluding hydrogens is 428 g/mol. The Balaban J connectivity index is 1.67. The van der Waals surface area contributed by atoms with E-state index in [1.165, 1.54) is 12.0 Å². The van der Waals surface area contributed by atoms with Crippen molar-refractivity contribution in [3.63, 3.8) is 0 Å². The first kappa shape index (κ1) is 20.1. The zero-order valence-electron chi connectivity index (χ0n) is 15.9. The molecule has 2 heterocycles. The van der Waals surface area contributed by atoms with Crippen molar-refractivity contribution >= 4 is 39.4 Å². The third kappa shape index (κ3) is 4.11. The van der Waals surface area contributed by atoms with Gasteiger partial charge in [0.15, 0.2) is 0 Å². The van der Waals surface area contributed by atoms with Gasteiger partial charge in [-0.3, -0.25) is 9.59 Å². The third-order valence-corrected chi connectivity index (χ3v) is 5.23. The lowest BCUT2D eigenvalue weighted by Crippen LogP contribution is -2.34. The van der Waals surface area contributed by atoms with Gasteiger partial charge >= 0.3 is 5.97 Å². The average molecular weight is 449 g/mol. The molecule has 1 aromatic carbocycles. The maximum Gasteiger partial charge on any atom is 0.341 e. The lowest BCUT2D eigenvalue weighted by Gasteiger charge is -2.21. The number of ether oxygens (including phenoxy) is 1. The van der Waals surface area contributed by atoms with E-state index in [1.54, 1.807) is 24.9 Å². The normalized spacial score (nSPS) is 16.4. The van der Waals surface area contributed by atoms with Crippen LogP contribution in [0.15, 0.2) is 39.2 Å². The molecule has 1 aliphatic rings. The molecule has 1 aliphatic heterocycles. The largest absolute Gasteiger partial charge is 0.465 e. The first-order chi connectivity index (χ1) is 13.3. The molecule has 1 saturated heterocycles. The van der Waals surface area contributed by atoms with Crippen molar-refractivity contribution in [2.45, 2.75) is 19.9 Å². The highest BCUT2D eigenvalue weighted by atomic mass is 79.9. The number of aryl methyl sites for hydroxylation is 1. The van der Waals surface area contributed by atoms with Gasteiger partial charge in [-0.2, -0.15) is 0 Å². The van der Waals surface area contributed by atoms with Crippen LogP contribution in [-0.2, 0) is 20.9 Å². The van der Waals surface area contributed by atoms with Crippen LogP contribution in [0.4, 0.5) is 5.69 Å². The summed E-state index contributed by atoms with van der Waals surface area (Å²) in [6.07, 6.45) is 0.167. The lowest BCUT2D eigenvalue weighted by atomic mass is 10.1. The van der Waals surface area contributed by atoms with Crippen LogP contribution in [0.25, 0.3) is 0 Å². The topological polar surface area (TPSA) is 80.1 Å². The molecule has 148 valence electrons. The minimum atomic E-state index is -0.479. The summed E-state index contributed by atoms with van der Waals surface area (Å²) in [5.74, 6) is -0.187. The molecule has 8 heteroatoms. The van der Waals surface area contributed by atoms with Gasteiger partial charge in [0.1, 0.15) is 17.1 Å². The first-order valence-corrected chi connectivity index (χ1v) is 9.58. The Morgan fingerprint density at radius 1 is 1.36 bits per heavy atom. The molecule has 0 spiro atoms. The Morgan fingerprint density at radius 2 is 2.11 bits per heavy atom. The number of hydrogen-bond acceptors (Lipinski definition) is 5. The van der Waals surface area contributed by atoms with Crippen molar-refractivity contribution in [3.8, 4) is 0 Å². The number of amides is 2. The van der Waals surface area contributed by atoms with Gasteiger partial charge in [-0.25, -0.2) is 4.79 Å². The summed E-state index contributed by atoms with van der Waals surface area (Å²) in [5, 5.41) is 0. The Morgan fingerprint density at radius 3 is 2.79 bits per heavy atom. The monoisotopic (exact) mass is 448 g/mol. The molecule has 0 radical (unpaired) electrons. The lowest BCUT2D eigenvalue weighted by molar-refractivity contribution is -0.135. The number of anilines is 1. The number of halogens is 1. The van der Waals surface area contributed by atoms with E-state index in [0.29, 0.717) is 23.6 Å².